The summed E-state index contributed by atoms with van der Waals surface area (Å²) in [6, 6.07) is 10.1. The Labute approximate surface area is 194 Å². The van der Waals surface area contributed by atoms with Crippen LogP contribution in [0.3, 0.4) is 0 Å². The first-order valence-electron chi connectivity index (χ1n) is 10.5. The smallest absolute Gasteiger partial charge is 0.330 e. The topological polar surface area (TPSA) is 57.8 Å². The van der Waals surface area contributed by atoms with E-state index in [1.807, 2.05) is 22.8 Å². The molecule has 2 heterocycles. The number of nitrogens with zero attached hydrogens (tertiary/aromatic N) is 3. The fraction of sp³-hybridized carbons (Fsp3) is 0.360. The van der Waals surface area contributed by atoms with Crippen LogP contribution in [0.1, 0.15) is 35.2 Å². The van der Waals surface area contributed by atoms with Crippen LogP contribution in [0.5, 0.6) is 11.5 Å². The molecule has 1 aliphatic heterocycles. The lowest BCUT2D eigenvalue weighted by atomic mass is 9.92. The molecule has 1 aromatic heterocycles. The van der Waals surface area contributed by atoms with Crippen LogP contribution >= 0.6 is 12.4 Å². The van der Waals surface area contributed by atoms with E-state index in [0.29, 0.717) is 17.7 Å². The molecule has 0 spiro atoms. The van der Waals surface area contributed by atoms with Gasteiger partial charge in [-0.2, -0.15) is 0 Å². The molecular weight excluding hydrogens is 426 g/mol. The molecule has 4 rings (SSSR count). The Morgan fingerprint density at radius 3 is 2.28 bits per heavy atom. The van der Waals surface area contributed by atoms with Gasteiger partial charge in [-0.25, -0.2) is 9.79 Å². The maximum Gasteiger partial charge on any atom is 0.330 e. The van der Waals surface area contributed by atoms with Crippen LogP contribution in [0.4, 0.5) is 5.69 Å². The lowest BCUT2D eigenvalue weighted by molar-refractivity contribution is 0.348. The van der Waals surface area contributed by atoms with Crippen molar-refractivity contribution in [3.05, 3.63) is 68.6 Å². The molecule has 32 heavy (non-hydrogen) atoms. The van der Waals surface area contributed by atoms with Crippen molar-refractivity contribution in [3.8, 4) is 22.8 Å². The largest absolute Gasteiger partial charge is 0.493 e. The zero-order valence-corrected chi connectivity index (χ0v) is 20.5. The van der Waals surface area contributed by atoms with E-state index in [4.69, 9.17) is 14.5 Å². The van der Waals surface area contributed by atoms with Gasteiger partial charge in [0.25, 0.3) is 0 Å². The third-order valence-electron chi connectivity index (χ3n) is 6.09. The van der Waals surface area contributed by atoms with Crippen LogP contribution in [0.15, 0.2) is 40.1 Å². The number of fused-ring (bicyclic) bond motifs is 3. The van der Waals surface area contributed by atoms with Gasteiger partial charge in [-0.15, -0.1) is 12.4 Å². The van der Waals surface area contributed by atoms with E-state index >= 15 is 0 Å². The fourth-order valence-electron chi connectivity index (χ4n) is 4.68. The molecule has 0 fully saturated rings. The second-order valence-electron chi connectivity index (χ2n) is 8.34. The molecule has 170 valence electrons. The van der Waals surface area contributed by atoms with Gasteiger partial charge in [-0.1, -0.05) is 17.7 Å². The highest BCUT2D eigenvalue weighted by atomic mass is 35.5. The molecule has 1 atom stereocenters. The number of aromatic nitrogens is 2. The van der Waals surface area contributed by atoms with E-state index in [-0.39, 0.29) is 24.1 Å². The first-order chi connectivity index (χ1) is 14.8. The van der Waals surface area contributed by atoms with Crippen molar-refractivity contribution < 1.29 is 9.47 Å². The maximum atomic E-state index is 13.4. The monoisotopic (exact) mass is 455 g/mol. The molecule has 0 N–H and O–H groups in total. The summed E-state index contributed by atoms with van der Waals surface area (Å²) in [4.78, 5) is 18.3. The average molecular weight is 456 g/mol. The summed E-state index contributed by atoms with van der Waals surface area (Å²) in [6.07, 6.45) is 0.690. The number of aryl methyl sites for hydroxylation is 3. The zero-order chi connectivity index (χ0) is 22.4. The standard InChI is InChI=1S/C25H29N3O3.ClH/c1-14-10-15(2)23(16(3)11-14)26-22-13-20-18-8-9-21(30-6)24(31-7)19(18)12-17(4)28(20)25(29)27(22)5;/h8-11,13,17H,12H2,1-7H3;1H/t17-;/m1./s1. The van der Waals surface area contributed by atoms with Crippen molar-refractivity contribution in [3.63, 3.8) is 0 Å². The molecule has 0 unspecified atom stereocenters. The average Bonchev–Trinajstić information content (AvgIpc) is 2.72. The Hall–Kier alpha value is -2.99. The van der Waals surface area contributed by atoms with Crippen LogP contribution in [-0.4, -0.2) is 23.4 Å². The first-order valence-corrected chi connectivity index (χ1v) is 10.5. The van der Waals surface area contributed by atoms with E-state index in [1.54, 1.807) is 25.8 Å². The van der Waals surface area contributed by atoms with Crippen LogP contribution in [0.25, 0.3) is 11.3 Å². The molecule has 0 bridgehead atoms. The summed E-state index contributed by atoms with van der Waals surface area (Å²) in [6.45, 7) is 8.24. The summed E-state index contributed by atoms with van der Waals surface area (Å²) < 4.78 is 14.6. The second-order valence-corrected chi connectivity index (χ2v) is 8.34. The number of hydrogen-bond acceptors (Lipinski definition) is 4. The van der Waals surface area contributed by atoms with E-state index < -0.39 is 0 Å². The quantitative estimate of drug-likeness (QED) is 0.581. The number of ether oxygens (including phenoxy) is 2. The molecular formula is C25H30ClN3O3. The van der Waals surface area contributed by atoms with Crippen molar-refractivity contribution in [1.29, 1.82) is 0 Å². The Bertz CT molecular complexity index is 1300. The minimum Gasteiger partial charge on any atom is -0.493 e. The molecule has 7 heteroatoms. The number of methoxy groups -OCH3 is 2. The lowest BCUT2D eigenvalue weighted by Gasteiger charge is -2.29. The van der Waals surface area contributed by atoms with Gasteiger partial charge in [-0.3, -0.25) is 9.13 Å². The minimum absolute atomic E-state index is 0. The van der Waals surface area contributed by atoms with Gasteiger partial charge in [0, 0.05) is 30.3 Å². The van der Waals surface area contributed by atoms with Crippen molar-refractivity contribution in [1.82, 2.24) is 9.13 Å². The normalized spacial score (nSPS) is 15.0. The molecule has 0 saturated heterocycles. The van der Waals surface area contributed by atoms with Crippen LogP contribution in [0.2, 0.25) is 0 Å². The summed E-state index contributed by atoms with van der Waals surface area (Å²) in [5, 5.41) is 0. The molecule has 0 amide bonds. The highest BCUT2D eigenvalue weighted by Gasteiger charge is 2.28. The predicted molar refractivity (Wildman–Crippen MR) is 130 cm³/mol. The minimum atomic E-state index is -0.0772. The SMILES string of the molecule is COc1ccc2c(c1OC)C[C@@H](C)n1c-2cc(=Nc2c(C)cc(C)cc2C)n(C)c1=O.Cl. The summed E-state index contributed by atoms with van der Waals surface area (Å²) >= 11 is 0. The molecule has 1 aliphatic rings. The van der Waals surface area contributed by atoms with E-state index in [1.165, 1.54) is 5.56 Å². The van der Waals surface area contributed by atoms with E-state index in [0.717, 1.165) is 39.4 Å². The van der Waals surface area contributed by atoms with E-state index in [9.17, 15) is 4.79 Å². The molecule has 0 radical (unpaired) electrons. The summed E-state index contributed by atoms with van der Waals surface area (Å²) in [7, 11) is 5.07. The Kier molecular flexibility index (Phi) is 6.56. The summed E-state index contributed by atoms with van der Waals surface area (Å²) in [5.74, 6) is 1.42. The van der Waals surface area contributed by atoms with Gasteiger partial charge < -0.3 is 9.47 Å². The van der Waals surface area contributed by atoms with Crippen molar-refractivity contribution >= 4 is 18.1 Å². The van der Waals surface area contributed by atoms with Crippen molar-refractivity contribution in [2.75, 3.05) is 14.2 Å². The van der Waals surface area contributed by atoms with Crippen molar-refractivity contribution in [2.24, 2.45) is 12.0 Å². The number of benzene rings is 2. The molecule has 6 nitrogen and oxygen atoms in total. The number of halogens is 1. The fourth-order valence-corrected chi connectivity index (χ4v) is 4.68. The zero-order valence-electron chi connectivity index (χ0n) is 19.6. The predicted octanol–water partition coefficient (Wildman–Crippen LogP) is 4.57. The van der Waals surface area contributed by atoms with E-state index in [2.05, 4.69) is 39.8 Å². The third kappa shape index (κ3) is 3.73. The van der Waals surface area contributed by atoms with Gasteiger partial charge in [-0.05, 0) is 57.4 Å². The van der Waals surface area contributed by atoms with Crippen LogP contribution in [-0.2, 0) is 13.5 Å². The first kappa shape index (κ1) is 23.7. The van der Waals surface area contributed by atoms with Gasteiger partial charge in [0.2, 0.25) is 0 Å². The van der Waals surface area contributed by atoms with Crippen LogP contribution < -0.4 is 20.7 Å². The van der Waals surface area contributed by atoms with Crippen molar-refractivity contribution in [2.45, 2.75) is 40.2 Å². The van der Waals surface area contributed by atoms with Gasteiger partial charge >= 0.3 is 5.69 Å². The Morgan fingerprint density at radius 1 is 1.03 bits per heavy atom. The van der Waals surface area contributed by atoms with Gasteiger partial charge in [0.05, 0.1) is 25.6 Å². The molecule has 3 aromatic rings. The molecule has 0 aliphatic carbocycles. The third-order valence-corrected chi connectivity index (χ3v) is 6.09. The van der Waals surface area contributed by atoms with Crippen LogP contribution in [0, 0.1) is 20.8 Å². The second kappa shape index (κ2) is 8.87. The molecule has 0 saturated carbocycles. The van der Waals surface area contributed by atoms with Gasteiger partial charge in [0.15, 0.2) is 11.5 Å². The lowest BCUT2D eigenvalue weighted by Crippen LogP contribution is -2.41. The maximum absolute atomic E-state index is 13.4. The Morgan fingerprint density at radius 2 is 1.69 bits per heavy atom. The highest BCUT2D eigenvalue weighted by Crippen LogP contribution is 2.42. The van der Waals surface area contributed by atoms with Gasteiger partial charge in [0.1, 0.15) is 5.49 Å². The number of rotatable bonds is 3. The highest BCUT2D eigenvalue weighted by molar-refractivity contribution is 5.85. The summed E-state index contributed by atoms with van der Waals surface area (Å²) in [5.41, 5.74) is 7.71. The number of hydrogen-bond donors (Lipinski definition) is 0. The Balaban J connectivity index is 0.00000289. The molecule has 2 aromatic carbocycles.